The zero-order valence-electron chi connectivity index (χ0n) is 25.4. The molecule has 0 saturated carbocycles. The maximum atomic E-state index is 13.4. The maximum absolute atomic E-state index is 13.4. The molecule has 43 heavy (non-hydrogen) atoms. The molecule has 0 unspecified atom stereocenters. The third-order valence-electron chi connectivity index (χ3n) is 7.93. The number of rotatable bonds is 6. The third kappa shape index (κ3) is 7.96. The number of aryl methyl sites for hydroxylation is 1. The van der Waals surface area contributed by atoms with Crippen LogP contribution in [0.5, 0.6) is 0 Å². The molecule has 3 heterocycles. The van der Waals surface area contributed by atoms with E-state index in [1.165, 1.54) is 16.9 Å². The highest BCUT2D eigenvalue weighted by Crippen LogP contribution is 2.35. The molecule has 0 radical (unpaired) electrons. The van der Waals surface area contributed by atoms with Crippen LogP contribution in [0.1, 0.15) is 72.3 Å². The Bertz CT molecular complexity index is 1420. The third-order valence-corrected chi connectivity index (χ3v) is 9.21. The summed E-state index contributed by atoms with van der Waals surface area (Å²) in [6.45, 7) is 10.2. The van der Waals surface area contributed by atoms with Crippen LogP contribution in [-0.4, -0.2) is 65.7 Å². The number of nitrogens with one attached hydrogen (secondary N) is 1. The van der Waals surface area contributed by atoms with Crippen molar-refractivity contribution in [3.8, 4) is 10.4 Å². The molecule has 2 saturated heterocycles. The number of carbonyl (C=O) groups excluding carboxylic acids is 3. The fourth-order valence-corrected chi connectivity index (χ4v) is 6.79. The molecule has 0 bridgehead atoms. The van der Waals surface area contributed by atoms with Crippen molar-refractivity contribution in [2.75, 3.05) is 26.2 Å². The van der Waals surface area contributed by atoms with E-state index in [0.29, 0.717) is 45.1 Å². The van der Waals surface area contributed by atoms with E-state index in [-0.39, 0.29) is 18.0 Å². The lowest BCUT2D eigenvalue weighted by Gasteiger charge is -2.31. The number of benzene rings is 2. The largest absolute Gasteiger partial charge is 0.445 e. The Morgan fingerprint density at radius 3 is 2.28 bits per heavy atom. The molecule has 228 valence electrons. The first-order chi connectivity index (χ1) is 20.6. The molecule has 2 aliphatic heterocycles. The van der Waals surface area contributed by atoms with Gasteiger partial charge in [-0.25, -0.2) is 9.59 Å². The number of hydrogen-bond donors (Lipinski definition) is 1. The Kier molecular flexibility index (Phi) is 9.40. The molecule has 0 aliphatic carbocycles. The summed E-state index contributed by atoms with van der Waals surface area (Å²) in [5.74, 6) is 0.403. The van der Waals surface area contributed by atoms with Crippen molar-refractivity contribution in [2.24, 2.45) is 0 Å². The number of carbonyl (C=O) groups is 3. The van der Waals surface area contributed by atoms with E-state index in [1.807, 2.05) is 62.9 Å². The highest BCUT2D eigenvalue weighted by molar-refractivity contribution is 7.17. The van der Waals surface area contributed by atoms with Gasteiger partial charge in [0, 0.05) is 31.1 Å². The van der Waals surface area contributed by atoms with Crippen LogP contribution in [0.25, 0.3) is 10.4 Å². The lowest BCUT2D eigenvalue weighted by molar-refractivity contribution is 0.0502. The molecule has 1 N–H and O–H groups in total. The standard InChI is InChI=1S/C34H41N3O5S/c1-23-20-29(43-30(23)31(38)37-19-16-28(21-37)35-32(39)42-34(2,3)4)27-12-10-25(11-13-27)26-14-17-36(18-15-26)33(40)41-22-24-8-6-5-7-9-24/h5-13,20,26,28H,14-19,21-22H2,1-4H3,(H,35,39)/t28-/m0/s1. The van der Waals surface area contributed by atoms with Crippen molar-refractivity contribution >= 4 is 29.4 Å². The van der Waals surface area contributed by atoms with Crippen molar-refractivity contribution in [3.05, 3.63) is 82.2 Å². The molecular formula is C34H41N3O5S. The fraction of sp³-hybridized carbons (Fsp3) is 0.441. The number of hydrogen-bond acceptors (Lipinski definition) is 6. The van der Waals surface area contributed by atoms with Crippen molar-refractivity contribution in [1.29, 1.82) is 0 Å². The molecule has 1 atom stereocenters. The van der Waals surface area contributed by atoms with Gasteiger partial charge in [0.1, 0.15) is 12.2 Å². The SMILES string of the molecule is Cc1cc(-c2ccc(C3CCN(C(=O)OCc4ccccc4)CC3)cc2)sc1C(=O)N1CC[C@H](NC(=O)OC(C)(C)C)C1. The minimum atomic E-state index is -0.558. The first-order valence-corrected chi connectivity index (χ1v) is 15.8. The van der Waals surface area contributed by atoms with Gasteiger partial charge >= 0.3 is 12.2 Å². The van der Waals surface area contributed by atoms with Gasteiger partial charge in [0.15, 0.2) is 0 Å². The van der Waals surface area contributed by atoms with E-state index < -0.39 is 11.7 Å². The second-order valence-electron chi connectivity index (χ2n) is 12.4. The Morgan fingerprint density at radius 2 is 1.60 bits per heavy atom. The molecule has 2 aliphatic rings. The van der Waals surface area contributed by atoms with Gasteiger partial charge in [-0.3, -0.25) is 4.79 Å². The van der Waals surface area contributed by atoms with Crippen LogP contribution in [-0.2, 0) is 16.1 Å². The van der Waals surface area contributed by atoms with Gasteiger partial charge in [-0.05, 0) is 81.2 Å². The van der Waals surface area contributed by atoms with Gasteiger partial charge in [-0.1, -0.05) is 54.6 Å². The first-order valence-electron chi connectivity index (χ1n) is 15.0. The lowest BCUT2D eigenvalue weighted by Crippen LogP contribution is -2.41. The van der Waals surface area contributed by atoms with E-state index >= 15 is 0 Å². The summed E-state index contributed by atoms with van der Waals surface area (Å²) in [7, 11) is 0. The van der Waals surface area contributed by atoms with Crippen molar-refractivity contribution in [3.63, 3.8) is 0 Å². The highest BCUT2D eigenvalue weighted by atomic mass is 32.1. The van der Waals surface area contributed by atoms with E-state index in [1.54, 1.807) is 4.90 Å². The summed E-state index contributed by atoms with van der Waals surface area (Å²) in [5.41, 5.74) is 3.75. The number of ether oxygens (including phenoxy) is 2. The molecule has 9 heteroatoms. The molecule has 2 fully saturated rings. The van der Waals surface area contributed by atoms with Crippen LogP contribution < -0.4 is 5.32 Å². The summed E-state index contributed by atoms with van der Waals surface area (Å²) in [4.78, 5) is 43.5. The van der Waals surface area contributed by atoms with Crippen LogP contribution in [0, 0.1) is 6.92 Å². The van der Waals surface area contributed by atoms with E-state index in [4.69, 9.17) is 9.47 Å². The summed E-state index contributed by atoms with van der Waals surface area (Å²) in [6.07, 6.45) is 1.81. The minimum Gasteiger partial charge on any atom is -0.445 e. The van der Waals surface area contributed by atoms with Gasteiger partial charge in [0.25, 0.3) is 5.91 Å². The molecule has 8 nitrogen and oxygen atoms in total. The van der Waals surface area contributed by atoms with Crippen LogP contribution in [0.15, 0.2) is 60.7 Å². The second kappa shape index (κ2) is 13.2. The van der Waals surface area contributed by atoms with Gasteiger partial charge in [-0.15, -0.1) is 11.3 Å². The number of nitrogens with zero attached hydrogens (tertiary/aromatic N) is 2. The monoisotopic (exact) mass is 603 g/mol. The normalized spacial score (nSPS) is 17.5. The van der Waals surface area contributed by atoms with Crippen LogP contribution in [0.4, 0.5) is 9.59 Å². The topological polar surface area (TPSA) is 88.2 Å². The molecule has 5 rings (SSSR count). The molecule has 1 aromatic heterocycles. The van der Waals surface area contributed by atoms with Crippen molar-refractivity contribution in [2.45, 2.75) is 71.1 Å². The molecule has 2 aromatic carbocycles. The first kappa shape index (κ1) is 30.6. The molecular weight excluding hydrogens is 562 g/mol. The highest BCUT2D eigenvalue weighted by Gasteiger charge is 2.31. The quantitative estimate of drug-likeness (QED) is 0.329. The van der Waals surface area contributed by atoms with Crippen LogP contribution >= 0.6 is 11.3 Å². The van der Waals surface area contributed by atoms with Gasteiger partial charge in [-0.2, -0.15) is 0 Å². The molecule has 3 aromatic rings. The van der Waals surface area contributed by atoms with Crippen LogP contribution in [0.2, 0.25) is 0 Å². The molecule has 0 spiro atoms. The van der Waals surface area contributed by atoms with Crippen molar-refractivity contribution < 1.29 is 23.9 Å². The summed E-state index contributed by atoms with van der Waals surface area (Å²) < 4.78 is 10.9. The number of thiophene rings is 1. The average Bonchev–Trinajstić information content (AvgIpc) is 3.62. The summed E-state index contributed by atoms with van der Waals surface area (Å²) in [6, 6.07) is 20.3. The molecule has 3 amide bonds. The predicted molar refractivity (Wildman–Crippen MR) is 168 cm³/mol. The minimum absolute atomic E-state index is 0.00733. The Hall–Kier alpha value is -3.85. The zero-order valence-corrected chi connectivity index (χ0v) is 26.2. The Labute approximate surface area is 258 Å². The van der Waals surface area contributed by atoms with Gasteiger partial charge < -0.3 is 24.6 Å². The summed E-state index contributed by atoms with van der Waals surface area (Å²) >= 11 is 1.52. The van der Waals surface area contributed by atoms with E-state index in [0.717, 1.165) is 39.3 Å². The number of amides is 3. The number of piperidine rings is 1. The maximum Gasteiger partial charge on any atom is 0.410 e. The lowest BCUT2D eigenvalue weighted by atomic mass is 9.89. The second-order valence-corrected chi connectivity index (χ2v) is 13.5. The Morgan fingerprint density at radius 1 is 0.930 bits per heavy atom. The number of likely N-dealkylation sites (tertiary alicyclic amines) is 2. The Balaban J connectivity index is 1.12. The zero-order chi connectivity index (χ0) is 30.6. The predicted octanol–water partition coefficient (Wildman–Crippen LogP) is 6.98. The van der Waals surface area contributed by atoms with Gasteiger partial charge in [0.2, 0.25) is 0 Å². The van der Waals surface area contributed by atoms with Crippen LogP contribution in [0.3, 0.4) is 0 Å². The fourth-order valence-electron chi connectivity index (χ4n) is 5.64. The smallest absolute Gasteiger partial charge is 0.410 e. The van der Waals surface area contributed by atoms with Gasteiger partial charge in [0.05, 0.1) is 10.9 Å². The van der Waals surface area contributed by atoms with E-state index in [2.05, 4.69) is 35.6 Å². The average molecular weight is 604 g/mol. The number of alkyl carbamates (subject to hydrolysis) is 1. The van der Waals surface area contributed by atoms with E-state index in [9.17, 15) is 14.4 Å². The van der Waals surface area contributed by atoms with Crippen molar-refractivity contribution in [1.82, 2.24) is 15.1 Å². The summed E-state index contributed by atoms with van der Waals surface area (Å²) in [5, 5.41) is 2.89.